The van der Waals surface area contributed by atoms with E-state index in [9.17, 15) is 4.79 Å². The molecule has 5 nitrogen and oxygen atoms in total. The van der Waals surface area contributed by atoms with Crippen molar-refractivity contribution in [2.45, 2.75) is 19.4 Å². The van der Waals surface area contributed by atoms with Crippen LogP contribution in [0.25, 0.3) is 10.9 Å². The van der Waals surface area contributed by atoms with Crippen LogP contribution in [0, 0.1) is 11.3 Å². The number of anilines is 1. The normalized spacial score (nSPS) is 13.1. The van der Waals surface area contributed by atoms with Crippen LogP contribution in [-0.4, -0.2) is 23.6 Å². The quantitative estimate of drug-likeness (QED) is 0.732. The minimum Gasteiger partial charge on any atom is -0.335 e. The van der Waals surface area contributed by atoms with E-state index in [-0.39, 0.29) is 24.9 Å². The molecule has 0 unspecified atom stereocenters. The summed E-state index contributed by atoms with van der Waals surface area (Å²) in [5.74, 6) is -0.0598. The van der Waals surface area contributed by atoms with E-state index >= 15 is 0 Å². The molecule has 0 bridgehead atoms. The fourth-order valence-corrected chi connectivity index (χ4v) is 3.69. The van der Waals surface area contributed by atoms with E-state index in [1.54, 1.807) is 24.3 Å². The van der Waals surface area contributed by atoms with Crippen molar-refractivity contribution in [1.29, 1.82) is 5.26 Å². The second-order valence-corrected chi connectivity index (χ2v) is 6.52. The number of halogens is 1. The molecule has 2 heterocycles. The van der Waals surface area contributed by atoms with Gasteiger partial charge in [-0.3, -0.25) is 4.79 Å². The molecule has 2 aromatic carbocycles. The molecule has 1 aliphatic rings. The molecule has 6 heteroatoms. The van der Waals surface area contributed by atoms with Crippen molar-refractivity contribution >= 4 is 34.9 Å². The fraction of sp³-hybridized carbons (Fsp3) is 0.238. The van der Waals surface area contributed by atoms with Gasteiger partial charge in [0.15, 0.2) is 0 Å². The number of fused-ring (bicyclic) bond motifs is 3. The summed E-state index contributed by atoms with van der Waals surface area (Å²) in [6.45, 7) is 2.19. The van der Waals surface area contributed by atoms with Crippen molar-refractivity contribution < 1.29 is 4.79 Å². The van der Waals surface area contributed by atoms with Gasteiger partial charge in [0, 0.05) is 35.2 Å². The summed E-state index contributed by atoms with van der Waals surface area (Å²) >= 11 is 0. The Kier molecular flexibility index (Phi) is 5.80. The van der Waals surface area contributed by atoms with Gasteiger partial charge in [-0.15, -0.1) is 12.4 Å². The minimum atomic E-state index is -0.0598. The molecule has 3 aromatic rings. The number of aromatic nitrogens is 1. The summed E-state index contributed by atoms with van der Waals surface area (Å²) in [7, 11) is 0. The minimum absolute atomic E-state index is 0. The fourth-order valence-electron chi connectivity index (χ4n) is 3.69. The Morgan fingerprint density at radius 1 is 1.11 bits per heavy atom. The number of carbonyl (C=O) groups is 1. The van der Waals surface area contributed by atoms with Gasteiger partial charge in [-0.25, -0.2) is 0 Å². The standard InChI is InChI=1S/C21H20N4O.ClH/c22-13-15-5-7-16(8-6-15)24-21(26)14-25-19-4-2-1-3-17(19)18-9-11-23-12-10-20(18)25;/h1-8,23H,9-12,14H2,(H,24,26);1H. The van der Waals surface area contributed by atoms with Crippen molar-refractivity contribution in [3.8, 4) is 6.07 Å². The lowest BCUT2D eigenvalue weighted by Gasteiger charge is -2.11. The van der Waals surface area contributed by atoms with Crippen molar-refractivity contribution in [1.82, 2.24) is 9.88 Å². The number of carbonyl (C=O) groups excluding carboxylic acids is 1. The highest BCUT2D eigenvalue weighted by atomic mass is 35.5. The van der Waals surface area contributed by atoms with Crippen LogP contribution in [0.1, 0.15) is 16.8 Å². The average Bonchev–Trinajstić information content (AvgIpc) is 2.82. The SMILES string of the molecule is Cl.N#Cc1ccc(NC(=O)Cn2c3c(c4ccccc42)CCNCC3)cc1. The van der Waals surface area contributed by atoms with E-state index in [4.69, 9.17) is 5.26 Å². The second kappa shape index (κ2) is 8.26. The lowest BCUT2D eigenvalue weighted by atomic mass is 10.1. The first-order valence-electron chi connectivity index (χ1n) is 8.86. The van der Waals surface area contributed by atoms with Crippen LogP contribution in [0.2, 0.25) is 0 Å². The molecule has 0 atom stereocenters. The number of nitrogens with zero attached hydrogens (tertiary/aromatic N) is 2. The van der Waals surface area contributed by atoms with Gasteiger partial charge < -0.3 is 15.2 Å². The third kappa shape index (κ3) is 3.82. The predicted octanol–water partition coefficient (Wildman–Crippen LogP) is 3.26. The summed E-state index contributed by atoms with van der Waals surface area (Å²) in [6.07, 6.45) is 1.91. The van der Waals surface area contributed by atoms with Crippen LogP contribution in [-0.2, 0) is 24.2 Å². The summed E-state index contributed by atoms with van der Waals surface area (Å²) < 4.78 is 2.15. The number of nitrogens with one attached hydrogen (secondary N) is 2. The van der Waals surface area contributed by atoms with E-state index < -0.39 is 0 Å². The molecule has 27 heavy (non-hydrogen) atoms. The zero-order valence-corrected chi connectivity index (χ0v) is 15.7. The molecule has 2 N–H and O–H groups in total. The van der Waals surface area contributed by atoms with Crippen LogP contribution in [0.15, 0.2) is 48.5 Å². The number of para-hydroxylation sites is 1. The van der Waals surface area contributed by atoms with Crippen LogP contribution >= 0.6 is 12.4 Å². The summed E-state index contributed by atoms with van der Waals surface area (Å²) in [4.78, 5) is 12.6. The Hall–Kier alpha value is -2.81. The van der Waals surface area contributed by atoms with Crippen LogP contribution in [0.4, 0.5) is 5.69 Å². The van der Waals surface area contributed by atoms with Crippen molar-refractivity contribution in [2.24, 2.45) is 0 Å². The van der Waals surface area contributed by atoms with E-state index in [1.165, 1.54) is 16.6 Å². The van der Waals surface area contributed by atoms with Crippen molar-refractivity contribution in [3.05, 3.63) is 65.4 Å². The number of hydrogen-bond donors (Lipinski definition) is 2. The van der Waals surface area contributed by atoms with Crippen LogP contribution in [0.3, 0.4) is 0 Å². The molecular formula is C21H21ClN4O. The molecule has 1 amide bonds. The Bertz CT molecular complexity index is 1000. The Balaban J connectivity index is 0.00000210. The Labute approximate surface area is 164 Å². The lowest BCUT2D eigenvalue weighted by molar-refractivity contribution is -0.116. The summed E-state index contributed by atoms with van der Waals surface area (Å²) in [6, 6.07) is 17.3. The van der Waals surface area contributed by atoms with E-state index in [0.717, 1.165) is 31.4 Å². The molecule has 0 spiro atoms. The van der Waals surface area contributed by atoms with E-state index in [0.29, 0.717) is 11.3 Å². The number of rotatable bonds is 3. The molecule has 0 fully saturated rings. The number of nitriles is 1. The number of benzene rings is 2. The molecule has 0 aliphatic carbocycles. The van der Waals surface area contributed by atoms with Gasteiger partial charge in [-0.2, -0.15) is 5.26 Å². The highest BCUT2D eigenvalue weighted by molar-refractivity contribution is 5.93. The van der Waals surface area contributed by atoms with Crippen LogP contribution in [0.5, 0.6) is 0 Å². The van der Waals surface area contributed by atoms with Gasteiger partial charge in [0.25, 0.3) is 0 Å². The van der Waals surface area contributed by atoms with Gasteiger partial charge in [-0.1, -0.05) is 18.2 Å². The molecule has 0 saturated heterocycles. The molecule has 0 radical (unpaired) electrons. The molecule has 4 rings (SSSR count). The number of amides is 1. The lowest BCUT2D eigenvalue weighted by Crippen LogP contribution is -2.21. The highest BCUT2D eigenvalue weighted by Crippen LogP contribution is 2.28. The third-order valence-electron chi connectivity index (χ3n) is 4.88. The topological polar surface area (TPSA) is 69.8 Å². The van der Waals surface area contributed by atoms with E-state index in [2.05, 4.69) is 39.5 Å². The highest BCUT2D eigenvalue weighted by Gasteiger charge is 2.19. The zero-order valence-electron chi connectivity index (χ0n) is 14.9. The largest absolute Gasteiger partial charge is 0.335 e. The first-order valence-corrected chi connectivity index (χ1v) is 8.86. The van der Waals surface area contributed by atoms with Gasteiger partial charge in [0.1, 0.15) is 6.54 Å². The van der Waals surface area contributed by atoms with Crippen LogP contribution < -0.4 is 10.6 Å². The Morgan fingerprint density at radius 2 is 1.85 bits per heavy atom. The summed E-state index contributed by atoms with van der Waals surface area (Å²) in [5, 5.41) is 16.5. The zero-order chi connectivity index (χ0) is 17.9. The smallest absolute Gasteiger partial charge is 0.244 e. The first-order chi connectivity index (χ1) is 12.8. The van der Waals surface area contributed by atoms with E-state index in [1.807, 2.05) is 6.07 Å². The second-order valence-electron chi connectivity index (χ2n) is 6.52. The third-order valence-corrected chi connectivity index (χ3v) is 4.88. The molecule has 1 aliphatic heterocycles. The summed E-state index contributed by atoms with van der Waals surface area (Å²) in [5.41, 5.74) is 5.02. The molecular weight excluding hydrogens is 360 g/mol. The average molecular weight is 381 g/mol. The molecule has 0 saturated carbocycles. The Morgan fingerprint density at radius 3 is 2.63 bits per heavy atom. The maximum atomic E-state index is 12.6. The van der Waals surface area contributed by atoms with Crippen molar-refractivity contribution in [2.75, 3.05) is 18.4 Å². The molecule has 138 valence electrons. The maximum Gasteiger partial charge on any atom is 0.244 e. The number of hydrogen-bond acceptors (Lipinski definition) is 3. The predicted molar refractivity (Wildman–Crippen MR) is 109 cm³/mol. The maximum absolute atomic E-state index is 12.6. The van der Waals surface area contributed by atoms with Gasteiger partial charge in [0.2, 0.25) is 5.91 Å². The van der Waals surface area contributed by atoms with Gasteiger partial charge >= 0.3 is 0 Å². The van der Waals surface area contributed by atoms with Gasteiger partial charge in [0.05, 0.1) is 11.6 Å². The van der Waals surface area contributed by atoms with Gasteiger partial charge in [-0.05, 0) is 48.9 Å². The first kappa shape index (κ1) is 19.0. The molecule has 1 aromatic heterocycles. The monoisotopic (exact) mass is 380 g/mol. The van der Waals surface area contributed by atoms with Crippen molar-refractivity contribution in [3.63, 3.8) is 0 Å².